The lowest BCUT2D eigenvalue weighted by Crippen LogP contribution is -2.18. The number of ether oxygens (including phenoxy) is 1. The summed E-state index contributed by atoms with van der Waals surface area (Å²) in [6.07, 6.45) is 0.682. The van der Waals surface area contributed by atoms with E-state index in [4.69, 9.17) is 38.8 Å². The van der Waals surface area contributed by atoms with Gasteiger partial charge in [0.25, 0.3) is 0 Å². The summed E-state index contributed by atoms with van der Waals surface area (Å²) in [6.45, 7) is 1.97. The molecule has 0 heterocycles. The molecule has 5 nitrogen and oxygen atoms in total. The first kappa shape index (κ1) is 20.1. The van der Waals surface area contributed by atoms with Crippen molar-refractivity contribution in [3.63, 3.8) is 0 Å². The number of benzene rings is 1. The van der Waals surface area contributed by atoms with E-state index in [0.717, 1.165) is 5.75 Å². The minimum absolute atomic E-state index is 0.0447. The van der Waals surface area contributed by atoms with Gasteiger partial charge in [-0.1, -0.05) is 30.1 Å². The van der Waals surface area contributed by atoms with Gasteiger partial charge in [-0.25, -0.2) is 4.79 Å². The molecule has 0 saturated carbocycles. The predicted molar refractivity (Wildman–Crippen MR) is 94.1 cm³/mol. The van der Waals surface area contributed by atoms with Crippen LogP contribution in [0.5, 0.6) is 5.75 Å². The molecule has 8 heteroatoms. The van der Waals surface area contributed by atoms with Gasteiger partial charge >= 0.3 is 5.97 Å². The van der Waals surface area contributed by atoms with Gasteiger partial charge in [-0.2, -0.15) is 11.8 Å². The normalized spacial score (nSPS) is 12.0. The molecule has 0 fully saturated rings. The molecule has 0 radical (unpaired) electrons. The van der Waals surface area contributed by atoms with Crippen molar-refractivity contribution in [1.29, 1.82) is 0 Å². The molecule has 0 amide bonds. The van der Waals surface area contributed by atoms with E-state index in [1.165, 1.54) is 12.1 Å². The number of ketones is 1. The van der Waals surface area contributed by atoms with Crippen molar-refractivity contribution in [1.82, 2.24) is 0 Å². The van der Waals surface area contributed by atoms with Gasteiger partial charge in [0.15, 0.2) is 12.4 Å². The summed E-state index contributed by atoms with van der Waals surface area (Å²) in [5.74, 6) is 0.207. The number of carboxylic acid groups (broad SMARTS) is 1. The summed E-state index contributed by atoms with van der Waals surface area (Å²) in [6, 6.07) is 2.98. The van der Waals surface area contributed by atoms with Crippen LogP contribution in [0.1, 0.15) is 23.7 Å². The van der Waals surface area contributed by atoms with Crippen LogP contribution >= 0.6 is 35.0 Å². The van der Waals surface area contributed by atoms with E-state index in [0.29, 0.717) is 24.3 Å². The van der Waals surface area contributed by atoms with Crippen LogP contribution in [-0.2, 0) is 4.79 Å². The Morgan fingerprint density at radius 3 is 2.61 bits per heavy atom. The van der Waals surface area contributed by atoms with Gasteiger partial charge in [0, 0.05) is 29.5 Å². The molecule has 128 valence electrons. The molecule has 0 bridgehead atoms. The van der Waals surface area contributed by atoms with E-state index < -0.39 is 12.6 Å². The minimum atomic E-state index is -1.12. The standard InChI is InChI=1S/C15H19Cl2NO4S/c1-2-9(8-23-6-5-18)15(21)10-3-4-11(14(17)13(10)16)22-7-12(19)20/h3-4,9H,2,5-8,18H2,1H3,(H,19,20). The Bertz CT molecular complexity index is 569. The maximum atomic E-state index is 12.6. The second-order valence-corrected chi connectivity index (χ2v) is 6.66. The largest absolute Gasteiger partial charge is 0.480 e. The van der Waals surface area contributed by atoms with Crippen LogP contribution in [0.4, 0.5) is 0 Å². The predicted octanol–water partition coefficient (Wildman–Crippen LogP) is 3.36. The molecule has 0 saturated heterocycles. The molecular weight excluding hydrogens is 361 g/mol. The maximum Gasteiger partial charge on any atom is 0.341 e. The lowest BCUT2D eigenvalue weighted by atomic mass is 9.97. The highest BCUT2D eigenvalue weighted by Gasteiger charge is 2.23. The summed E-state index contributed by atoms with van der Waals surface area (Å²) in [7, 11) is 0. The number of hydrogen-bond donors (Lipinski definition) is 2. The molecular formula is C15H19Cl2NO4S. The Labute approximate surface area is 149 Å². The zero-order valence-corrected chi connectivity index (χ0v) is 15.0. The maximum absolute atomic E-state index is 12.6. The molecule has 1 unspecified atom stereocenters. The van der Waals surface area contributed by atoms with Crippen LogP contribution in [0.2, 0.25) is 10.0 Å². The van der Waals surface area contributed by atoms with Crippen molar-refractivity contribution >= 4 is 46.7 Å². The molecule has 1 aromatic carbocycles. The van der Waals surface area contributed by atoms with Gasteiger partial charge in [0.1, 0.15) is 10.8 Å². The summed E-state index contributed by atoms with van der Waals surface area (Å²) >= 11 is 13.9. The number of aliphatic carboxylic acids is 1. The fraction of sp³-hybridized carbons (Fsp3) is 0.467. The van der Waals surface area contributed by atoms with E-state index in [1.54, 1.807) is 11.8 Å². The monoisotopic (exact) mass is 379 g/mol. The molecule has 0 aliphatic carbocycles. The number of Topliss-reactive ketones (excluding diaryl/α,β-unsaturated/α-hetero) is 1. The quantitative estimate of drug-likeness (QED) is 0.478. The number of thioether (sulfide) groups is 1. The Kier molecular flexibility index (Phi) is 8.76. The molecule has 1 aromatic rings. The number of carbonyl (C=O) groups is 2. The third kappa shape index (κ3) is 5.88. The molecule has 0 aliphatic rings. The third-order valence-corrected chi connectivity index (χ3v) is 5.14. The first-order valence-corrected chi connectivity index (χ1v) is 8.98. The smallest absolute Gasteiger partial charge is 0.341 e. The molecule has 1 rings (SSSR count). The molecule has 0 spiro atoms. The van der Waals surface area contributed by atoms with Gasteiger partial charge < -0.3 is 15.6 Å². The average molecular weight is 380 g/mol. The zero-order valence-electron chi connectivity index (χ0n) is 12.7. The van der Waals surface area contributed by atoms with Crippen LogP contribution in [0.3, 0.4) is 0 Å². The second-order valence-electron chi connectivity index (χ2n) is 4.75. The lowest BCUT2D eigenvalue weighted by Gasteiger charge is -2.16. The van der Waals surface area contributed by atoms with Crippen molar-refractivity contribution in [2.24, 2.45) is 11.7 Å². The highest BCUT2D eigenvalue weighted by atomic mass is 35.5. The minimum Gasteiger partial charge on any atom is -0.480 e. The van der Waals surface area contributed by atoms with Gasteiger partial charge in [0.2, 0.25) is 0 Å². The van der Waals surface area contributed by atoms with E-state index in [-0.39, 0.29) is 27.5 Å². The fourth-order valence-corrected chi connectivity index (χ4v) is 3.35. The van der Waals surface area contributed by atoms with Crippen LogP contribution in [0.15, 0.2) is 12.1 Å². The van der Waals surface area contributed by atoms with Crippen molar-refractivity contribution in [3.8, 4) is 5.75 Å². The van der Waals surface area contributed by atoms with Gasteiger partial charge in [-0.3, -0.25) is 4.79 Å². The third-order valence-electron chi connectivity index (χ3n) is 3.11. The van der Waals surface area contributed by atoms with Crippen LogP contribution in [0, 0.1) is 5.92 Å². The van der Waals surface area contributed by atoms with Gasteiger partial charge in [-0.15, -0.1) is 0 Å². The van der Waals surface area contributed by atoms with Gasteiger partial charge in [-0.05, 0) is 18.6 Å². The summed E-state index contributed by atoms with van der Waals surface area (Å²) in [5.41, 5.74) is 5.77. The zero-order chi connectivity index (χ0) is 17.4. The van der Waals surface area contributed by atoms with E-state index in [1.807, 2.05) is 6.92 Å². The molecule has 3 N–H and O–H groups in total. The topological polar surface area (TPSA) is 89.6 Å². The fourth-order valence-electron chi connectivity index (χ4n) is 1.88. The summed E-state index contributed by atoms with van der Waals surface area (Å²) in [5, 5.41) is 8.75. The first-order valence-electron chi connectivity index (χ1n) is 7.06. The molecule has 0 aromatic heterocycles. The lowest BCUT2D eigenvalue weighted by molar-refractivity contribution is -0.139. The van der Waals surface area contributed by atoms with E-state index >= 15 is 0 Å². The van der Waals surface area contributed by atoms with Crippen molar-refractivity contribution in [2.75, 3.05) is 24.7 Å². The Hall–Kier alpha value is -0.950. The number of hydrogen-bond acceptors (Lipinski definition) is 5. The second kappa shape index (κ2) is 10.0. The molecule has 0 aliphatic heterocycles. The Balaban J connectivity index is 2.92. The highest BCUT2D eigenvalue weighted by Crippen LogP contribution is 2.36. The first-order chi connectivity index (χ1) is 10.9. The SMILES string of the molecule is CCC(CSCCN)C(=O)c1ccc(OCC(=O)O)c(Cl)c1Cl. The van der Waals surface area contributed by atoms with Crippen LogP contribution in [-0.4, -0.2) is 41.5 Å². The number of rotatable bonds is 10. The Morgan fingerprint density at radius 1 is 1.35 bits per heavy atom. The van der Waals surface area contributed by atoms with Crippen molar-refractivity contribution in [3.05, 3.63) is 27.7 Å². The van der Waals surface area contributed by atoms with Crippen LogP contribution in [0.25, 0.3) is 0 Å². The summed E-state index contributed by atoms with van der Waals surface area (Å²) in [4.78, 5) is 23.1. The Morgan fingerprint density at radius 2 is 2.04 bits per heavy atom. The van der Waals surface area contributed by atoms with Crippen molar-refractivity contribution < 1.29 is 19.4 Å². The van der Waals surface area contributed by atoms with Crippen LogP contribution < -0.4 is 10.5 Å². The van der Waals surface area contributed by atoms with Gasteiger partial charge in [0.05, 0.1) is 5.02 Å². The summed E-state index contributed by atoms with van der Waals surface area (Å²) < 4.78 is 5.03. The number of carboxylic acids is 1. The molecule has 1 atom stereocenters. The number of nitrogens with two attached hydrogens (primary N) is 1. The number of halogens is 2. The van der Waals surface area contributed by atoms with E-state index in [9.17, 15) is 9.59 Å². The number of carbonyl (C=O) groups excluding carboxylic acids is 1. The average Bonchev–Trinajstić information content (AvgIpc) is 2.52. The van der Waals surface area contributed by atoms with Crippen molar-refractivity contribution in [2.45, 2.75) is 13.3 Å². The van der Waals surface area contributed by atoms with E-state index in [2.05, 4.69) is 0 Å². The highest BCUT2D eigenvalue weighted by molar-refractivity contribution is 7.99. The molecule has 23 heavy (non-hydrogen) atoms.